The Morgan fingerprint density at radius 3 is 0.909 bits per heavy atom. The molecule has 0 aromatic heterocycles. The molecule has 6 N–H and O–H groups in total. The average molecular weight is 349 g/mol. The van der Waals surface area contributed by atoms with Crippen molar-refractivity contribution in [1.82, 2.24) is 9.80 Å². The fourth-order valence-electron chi connectivity index (χ4n) is 1.48. The Bertz CT molecular complexity index is 323. The first-order valence-electron chi connectivity index (χ1n) is 5.52. The van der Waals surface area contributed by atoms with E-state index < -0.39 is 50.1 Å². The molecule has 0 heterocycles. The number of carbonyl (C=O) groups is 4. The zero-order valence-corrected chi connectivity index (χ0v) is 15.2. The van der Waals surface area contributed by atoms with Crippen LogP contribution in [0.25, 0.3) is 0 Å². The Morgan fingerprint density at radius 1 is 0.591 bits per heavy atom. The van der Waals surface area contributed by atoms with E-state index in [9.17, 15) is 19.2 Å². The van der Waals surface area contributed by atoms with Gasteiger partial charge in [-0.15, -0.1) is 0 Å². The molecule has 122 valence electrons. The molecule has 0 amide bonds. The van der Waals surface area contributed by atoms with Crippen LogP contribution < -0.4 is 51.4 Å². The van der Waals surface area contributed by atoms with Crippen LogP contribution in [0, 0.1) is 0 Å². The first kappa shape index (κ1) is 26.3. The number of nitrogens with zero attached hydrogens (tertiary/aromatic N) is 2. The summed E-state index contributed by atoms with van der Waals surface area (Å²) in [6, 6.07) is 0. The van der Waals surface area contributed by atoms with Gasteiger partial charge in [-0.2, -0.15) is 0 Å². The molecule has 0 saturated heterocycles. The molecule has 0 aliphatic rings. The van der Waals surface area contributed by atoms with E-state index in [2.05, 4.69) is 0 Å². The molecule has 0 aliphatic heterocycles. The third-order valence-electron chi connectivity index (χ3n) is 2.17. The third kappa shape index (κ3) is 15.8. The molecule has 0 fully saturated rings. The van der Waals surface area contributed by atoms with E-state index in [0.29, 0.717) is 0 Å². The summed E-state index contributed by atoms with van der Waals surface area (Å²) in [6.45, 7) is -2.25. The van der Waals surface area contributed by atoms with Crippen molar-refractivity contribution in [3.63, 3.8) is 0 Å². The third-order valence-corrected chi connectivity index (χ3v) is 2.17. The molecule has 0 atom stereocenters. The van der Waals surface area contributed by atoms with Crippen LogP contribution in [-0.2, 0) is 19.2 Å². The van der Waals surface area contributed by atoms with Gasteiger partial charge in [-0.25, -0.2) is 0 Å². The minimum atomic E-state index is -1.23. The van der Waals surface area contributed by atoms with Crippen molar-refractivity contribution in [3.05, 3.63) is 0 Å². The van der Waals surface area contributed by atoms with Crippen LogP contribution in [0.4, 0.5) is 0 Å². The fraction of sp³-hybridized carbons (Fsp3) is 0.600. The van der Waals surface area contributed by atoms with Gasteiger partial charge in [-0.3, -0.25) is 29.0 Å². The second kappa shape index (κ2) is 14.0. The van der Waals surface area contributed by atoms with Crippen LogP contribution in [0.5, 0.6) is 0 Å². The number of carboxylic acids is 4. The second-order valence-corrected chi connectivity index (χ2v) is 4.00. The number of hydrogen-bond acceptors (Lipinski definition) is 6. The maximum atomic E-state index is 10.6. The summed E-state index contributed by atoms with van der Waals surface area (Å²) in [5, 5.41) is 34.5. The van der Waals surface area contributed by atoms with Gasteiger partial charge in [0.1, 0.15) is 0 Å². The van der Waals surface area contributed by atoms with Gasteiger partial charge < -0.3 is 25.9 Å². The molecular weight excluding hydrogens is 331 g/mol. The molecule has 0 rings (SSSR count). The topological polar surface area (TPSA) is 187 Å². The van der Waals surface area contributed by atoms with E-state index in [1.807, 2.05) is 0 Å². The summed E-state index contributed by atoms with van der Waals surface area (Å²) in [4.78, 5) is 44.4. The molecule has 0 bridgehead atoms. The summed E-state index contributed by atoms with van der Waals surface area (Å²) in [6.07, 6.45) is 0. The first-order chi connectivity index (χ1) is 9.20. The maximum Gasteiger partial charge on any atom is 1.00 e. The van der Waals surface area contributed by atoms with Crippen molar-refractivity contribution in [1.29, 1.82) is 0 Å². The Kier molecular flexibility index (Phi) is 16.8. The second-order valence-electron chi connectivity index (χ2n) is 4.00. The zero-order chi connectivity index (χ0) is 15.7. The Morgan fingerprint density at radius 2 is 0.773 bits per heavy atom. The average Bonchev–Trinajstić information content (AvgIpc) is 2.22. The van der Waals surface area contributed by atoms with Crippen molar-refractivity contribution in [3.8, 4) is 0 Å². The summed E-state index contributed by atoms with van der Waals surface area (Å²) >= 11 is 0. The van der Waals surface area contributed by atoms with Gasteiger partial charge in [-0.1, -0.05) is 0 Å². The van der Waals surface area contributed by atoms with Crippen LogP contribution in [0.2, 0.25) is 0 Å². The maximum absolute atomic E-state index is 10.6. The fourth-order valence-corrected chi connectivity index (χ4v) is 1.48. The molecule has 0 spiro atoms. The van der Waals surface area contributed by atoms with Crippen molar-refractivity contribution in [2.24, 2.45) is 0 Å². The first-order valence-corrected chi connectivity index (χ1v) is 5.52. The van der Waals surface area contributed by atoms with E-state index in [1.165, 1.54) is 0 Å². The van der Waals surface area contributed by atoms with Gasteiger partial charge in [0.15, 0.2) is 0 Å². The van der Waals surface area contributed by atoms with Gasteiger partial charge in [-0.05, 0) is 0 Å². The quantitative estimate of drug-likeness (QED) is 0.261. The summed E-state index contributed by atoms with van der Waals surface area (Å²) in [5.41, 5.74) is 0. The van der Waals surface area contributed by atoms with Gasteiger partial charge >= 0.3 is 75.3 Å². The van der Waals surface area contributed by atoms with Crippen LogP contribution in [-0.4, -0.2) is 98.8 Å². The van der Waals surface area contributed by atoms with Crippen LogP contribution in [0.15, 0.2) is 0 Å². The molecule has 0 aliphatic carbocycles. The van der Waals surface area contributed by atoms with Gasteiger partial charge in [0.2, 0.25) is 0 Å². The van der Waals surface area contributed by atoms with E-state index in [1.54, 1.807) is 0 Å². The van der Waals surface area contributed by atoms with Crippen molar-refractivity contribution >= 4 is 23.9 Å². The van der Waals surface area contributed by atoms with Crippen molar-refractivity contribution < 1.29 is 96.5 Å². The summed E-state index contributed by atoms with van der Waals surface area (Å²) in [5.74, 6) is -4.91. The minimum Gasteiger partial charge on any atom is -0.480 e. The number of carboxylic acid groups (broad SMARTS) is 4. The monoisotopic (exact) mass is 349 g/mol. The molecular formula is C10H18KN2O9+. The Balaban J connectivity index is -0.00000180. The Labute approximate surface area is 168 Å². The smallest absolute Gasteiger partial charge is 0.480 e. The van der Waals surface area contributed by atoms with Gasteiger partial charge in [0, 0.05) is 13.1 Å². The number of hydrogen-bond donors (Lipinski definition) is 4. The van der Waals surface area contributed by atoms with E-state index >= 15 is 0 Å². The molecule has 0 radical (unpaired) electrons. The summed E-state index contributed by atoms with van der Waals surface area (Å²) < 4.78 is 0. The molecule has 0 aromatic carbocycles. The van der Waals surface area contributed by atoms with Gasteiger partial charge in [0.05, 0.1) is 26.2 Å². The molecule has 12 heteroatoms. The van der Waals surface area contributed by atoms with Crippen molar-refractivity contribution in [2.45, 2.75) is 0 Å². The molecule has 22 heavy (non-hydrogen) atoms. The zero-order valence-electron chi connectivity index (χ0n) is 12.1. The van der Waals surface area contributed by atoms with E-state index in [0.717, 1.165) is 9.80 Å². The van der Waals surface area contributed by atoms with Gasteiger partial charge in [0.25, 0.3) is 0 Å². The number of aliphatic carboxylic acids is 4. The summed E-state index contributed by atoms with van der Waals surface area (Å²) in [7, 11) is 0. The molecule has 0 aromatic rings. The standard InChI is InChI=1S/C10H16N2O8.K.H2O/c13-7(14)3-11(4-8(15)16)1-2-12(5-9(17)18)6-10(19)20;;/h1-6H2,(H,13,14)(H,15,16)(H,17,18)(H,19,20);;1H2/q;+1;. The molecule has 0 saturated carbocycles. The predicted octanol–water partition coefficient (Wildman–Crippen LogP) is -5.89. The predicted molar refractivity (Wildman–Crippen MR) is 67.0 cm³/mol. The van der Waals surface area contributed by atoms with Crippen LogP contribution in [0.3, 0.4) is 0 Å². The van der Waals surface area contributed by atoms with Crippen LogP contribution in [0.1, 0.15) is 0 Å². The largest absolute Gasteiger partial charge is 1.00 e. The number of rotatable bonds is 11. The Hall–Kier alpha value is -0.604. The molecule has 0 unspecified atom stereocenters. The normalized spacial score (nSPS) is 9.73. The minimum absolute atomic E-state index is 0. The van der Waals surface area contributed by atoms with E-state index in [-0.39, 0.29) is 70.0 Å². The van der Waals surface area contributed by atoms with Crippen molar-refractivity contribution in [2.75, 3.05) is 39.3 Å². The molecule has 11 nitrogen and oxygen atoms in total. The van der Waals surface area contributed by atoms with Crippen LogP contribution >= 0.6 is 0 Å². The SMILES string of the molecule is O.O=C(O)CN(CCN(CC(=O)O)CC(=O)O)CC(=O)O.[K+]. The van der Waals surface area contributed by atoms with E-state index in [4.69, 9.17) is 20.4 Å².